The standard InChI is InChI=1S/C13H27N3O2/c1-3-11(10-14)13(18)16(8-9-17)12-4-6-15(2)7-5-12/h11-12,17H,3-10,14H2,1-2H3. The average Bonchev–Trinajstić information content (AvgIpc) is 2.38. The van der Waals surface area contributed by atoms with Crippen LogP contribution in [0.15, 0.2) is 0 Å². The molecule has 1 rings (SSSR count). The highest BCUT2D eigenvalue weighted by Crippen LogP contribution is 2.18. The van der Waals surface area contributed by atoms with E-state index >= 15 is 0 Å². The van der Waals surface area contributed by atoms with Gasteiger partial charge in [0, 0.05) is 19.1 Å². The number of aliphatic hydroxyl groups excluding tert-OH is 1. The third-order valence-electron chi connectivity index (χ3n) is 3.88. The van der Waals surface area contributed by atoms with Crippen LogP contribution in [0.5, 0.6) is 0 Å². The number of carbonyl (C=O) groups excluding carboxylic acids is 1. The number of hydrogen-bond acceptors (Lipinski definition) is 4. The third kappa shape index (κ3) is 3.93. The Morgan fingerprint density at radius 1 is 1.50 bits per heavy atom. The molecule has 1 aliphatic heterocycles. The summed E-state index contributed by atoms with van der Waals surface area (Å²) in [6.07, 6.45) is 2.75. The Labute approximate surface area is 110 Å². The van der Waals surface area contributed by atoms with E-state index in [9.17, 15) is 4.79 Å². The van der Waals surface area contributed by atoms with Gasteiger partial charge in [-0.3, -0.25) is 4.79 Å². The molecule has 1 saturated heterocycles. The number of rotatable bonds is 6. The SMILES string of the molecule is CCC(CN)C(=O)N(CCO)C1CCN(C)CC1. The number of likely N-dealkylation sites (tertiary alicyclic amines) is 1. The van der Waals surface area contributed by atoms with Crippen LogP contribution in [0.3, 0.4) is 0 Å². The molecule has 0 aromatic heterocycles. The maximum atomic E-state index is 12.4. The molecule has 1 unspecified atom stereocenters. The average molecular weight is 257 g/mol. The van der Waals surface area contributed by atoms with Gasteiger partial charge in [0.1, 0.15) is 0 Å². The summed E-state index contributed by atoms with van der Waals surface area (Å²) in [7, 11) is 2.10. The van der Waals surface area contributed by atoms with Gasteiger partial charge in [-0.15, -0.1) is 0 Å². The minimum absolute atomic E-state index is 0.0269. The predicted octanol–water partition coefficient (Wildman–Crippen LogP) is -0.114. The van der Waals surface area contributed by atoms with E-state index in [0.29, 0.717) is 13.1 Å². The molecule has 0 saturated carbocycles. The lowest BCUT2D eigenvalue weighted by atomic mass is 9.99. The third-order valence-corrected chi connectivity index (χ3v) is 3.88. The van der Waals surface area contributed by atoms with Crippen molar-refractivity contribution in [2.75, 3.05) is 39.8 Å². The molecular formula is C13H27N3O2. The smallest absolute Gasteiger partial charge is 0.227 e. The number of piperidine rings is 1. The number of nitrogens with zero attached hydrogens (tertiary/aromatic N) is 2. The molecule has 1 fully saturated rings. The van der Waals surface area contributed by atoms with E-state index in [1.54, 1.807) is 0 Å². The summed E-state index contributed by atoms with van der Waals surface area (Å²) in [5, 5.41) is 9.16. The topological polar surface area (TPSA) is 69.8 Å². The minimum atomic E-state index is -0.101. The molecule has 3 N–H and O–H groups in total. The Hall–Kier alpha value is -0.650. The van der Waals surface area contributed by atoms with E-state index in [2.05, 4.69) is 11.9 Å². The van der Waals surface area contributed by atoms with E-state index in [0.717, 1.165) is 32.4 Å². The van der Waals surface area contributed by atoms with Crippen LogP contribution in [-0.4, -0.2) is 66.7 Å². The number of amides is 1. The maximum Gasteiger partial charge on any atom is 0.227 e. The summed E-state index contributed by atoms with van der Waals surface area (Å²) in [5.41, 5.74) is 5.65. The normalized spacial score (nSPS) is 19.8. The molecule has 0 aliphatic carbocycles. The summed E-state index contributed by atoms with van der Waals surface area (Å²) in [6, 6.07) is 0.265. The van der Waals surface area contributed by atoms with E-state index < -0.39 is 0 Å². The van der Waals surface area contributed by atoms with Crippen molar-refractivity contribution in [3.05, 3.63) is 0 Å². The van der Waals surface area contributed by atoms with Gasteiger partial charge in [-0.25, -0.2) is 0 Å². The second-order valence-corrected chi connectivity index (χ2v) is 5.13. The van der Waals surface area contributed by atoms with Crippen LogP contribution in [0.1, 0.15) is 26.2 Å². The van der Waals surface area contributed by atoms with Crippen LogP contribution >= 0.6 is 0 Å². The molecule has 5 nitrogen and oxygen atoms in total. The van der Waals surface area contributed by atoms with E-state index in [-0.39, 0.29) is 24.5 Å². The molecule has 18 heavy (non-hydrogen) atoms. The molecular weight excluding hydrogens is 230 g/mol. The van der Waals surface area contributed by atoms with Crippen LogP contribution in [-0.2, 0) is 4.79 Å². The van der Waals surface area contributed by atoms with E-state index in [1.807, 2.05) is 11.8 Å². The van der Waals surface area contributed by atoms with Crippen molar-refractivity contribution in [2.45, 2.75) is 32.2 Å². The molecule has 106 valence electrons. The highest BCUT2D eigenvalue weighted by atomic mass is 16.3. The molecule has 1 amide bonds. The summed E-state index contributed by atoms with van der Waals surface area (Å²) in [4.78, 5) is 16.5. The number of hydrogen-bond donors (Lipinski definition) is 2. The van der Waals surface area contributed by atoms with Crippen LogP contribution in [0.25, 0.3) is 0 Å². The van der Waals surface area contributed by atoms with E-state index in [1.165, 1.54) is 0 Å². The fraction of sp³-hybridized carbons (Fsp3) is 0.923. The van der Waals surface area contributed by atoms with Crippen molar-refractivity contribution in [1.29, 1.82) is 0 Å². The van der Waals surface area contributed by atoms with Gasteiger partial charge in [0.25, 0.3) is 0 Å². The minimum Gasteiger partial charge on any atom is -0.395 e. The molecule has 0 aromatic rings. The van der Waals surface area contributed by atoms with Gasteiger partial charge in [-0.1, -0.05) is 6.92 Å². The highest BCUT2D eigenvalue weighted by Gasteiger charge is 2.29. The fourth-order valence-corrected chi connectivity index (χ4v) is 2.56. The molecule has 0 spiro atoms. The molecule has 0 bridgehead atoms. The van der Waals surface area contributed by atoms with Gasteiger partial charge in [0.2, 0.25) is 5.91 Å². The molecule has 1 atom stereocenters. The molecule has 0 aromatic carbocycles. The lowest BCUT2D eigenvalue weighted by molar-refractivity contribution is -0.139. The lowest BCUT2D eigenvalue weighted by Crippen LogP contribution is -2.50. The van der Waals surface area contributed by atoms with Gasteiger partial charge >= 0.3 is 0 Å². The quantitative estimate of drug-likeness (QED) is 0.696. The van der Waals surface area contributed by atoms with Crippen molar-refractivity contribution in [3.63, 3.8) is 0 Å². The second kappa shape index (κ2) is 7.71. The number of nitrogens with two attached hydrogens (primary N) is 1. The molecule has 1 aliphatic rings. The van der Waals surface area contributed by atoms with Gasteiger partial charge in [-0.05, 0) is 39.4 Å². The van der Waals surface area contributed by atoms with Crippen LogP contribution in [0.2, 0.25) is 0 Å². The first-order valence-electron chi connectivity index (χ1n) is 6.94. The highest BCUT2D eigenvalue weighted by molar-refractivity contribution is 5.79. The van der Waals surface area contributed by atoms with Gasteiger partial charge in [-0.2, -0.15) is 0 Å². The Balaban J connectivity index is 2.66. The van der Waals surface area contributed by atoms with Crippen molar-refractivity contribution in [3.8, 4) is 0 Å². The van der Waals surface area contributed by atoms with Crippen molar-refractivity contribution < 1.29 is 9.90 Å². The molecule has 0 radical (unpaired) electrons. The Bertz CT molecular complexity index is 249. The summed E-state index contributed by atoms with van der Waals surface area (Å²) in [6.45, 7) is 4.87. The zero-order valence-corrected chi connectivity index (χ0v) is 11.6. The maximum absolute atomic E-state index is 12.4. The van der Waals surface area contributed by atoms with Crippen molar-refractivity contribution >= 4 is 5.91 Å². The molecule has 5 heteroatoms. The van der Waals surface area contributed by atoms with Gasteiger partial charge < -0.3 is 20.6 Å². The van der Waals surface area contributed by atoms with Crippen LogP contribution in [0.4, 0.5) is 0 Å². The summed E-state index contributed by atoms with van der Waals surface area (Å²) < 4.78 is 0. The zero-order valence-electron chi connectivity index (χ0n) is 11.6. The summed E-state index contributed by atoms with van der Waals surface area (Å²) >= 11 is 0. The second-order valence-electron chi connectivity index (χ2n) is 5.13. The lowest BCUT2D eigenvalue weighted by Gasteiger charge is -2.38. The van der Waals surface area contributed by atoms with E-state index in [4.69, 9.17) is 10.8 Å². The van der Waals surface area contributed by atoms with Gasteiger partial charge in [0.15, 0.2) is 0 Å². The predicted molar refractivity (Wildman–Crippen MR) is 72.2 cm³/mol. The zero-order chi connectivity index (χ0) is 13.5. The largest absolute Gasteiger partial charge is 0.395 e. The number of carbonyl (C=O) groups is 1. The Morgan fingerprint density at radius 2 is 2.11 bits per heavy atom. The van der Waals surface area contributed by atoms with Crippen molar-refractivity contribution in [2.24, 2.45) is 11.7 Å². The Morgan fingerprint density at radius 3 is 2.56 bits per heavy atom. The fourth-order valence-electron chi connectivity index (χ4n) is 2.56. The first-order chi connectivity index (χ1) is 8.63. The first kappa shape index (κ1) is 15.4. The first-order valence-corrected chi connectivity index (χ1v) is 6.94. The monoisotopic (exact) mass is 257 g/mol. The Kier molecular flexibility index (Phi) is 6.60. The van der Waals surface area contributed by atoms with Crippen molar-refractivity contribution in [1.82, 2.24) is 9.80 Å². The summed E-state index contributed by atoms with van der Waals surface area (Å²) in [5.74, 6) is 0.0137. The number of aliphatic hydroxyl groups is 1. The van der Waals surface area contributed by atoms with Gasteiger partial charge in [0.05, 0.1) is 12.5 Å². The molecule has 1 heterocycles. The van der Waals surface area contributed by atoms with Crippen LogP contribution in [0, 0.1) is 5.92 Å². The van der Waals surface area contributed by atoms with Crippen LogP contribution < -0.4 is 5.73 Å².